The summed E-state index contributed by atoms with van der Waals surface area (Å²) in [7, 11) is -3.29. The van der Waals surface area contributed by atoms with Gasteiger partial charge in [0, 0.05) is 74.8 Å². The third-order valence-electron chi connectivity index (χ3n) is 17.6. The molecule has 0 radical (unpaired) electrons. The molecule has 628 valence electrons. The topological polar surface area (TPSA) is 322 Å². The van der Waals surface area contributed by atoms with Gasteiger partial charge in [-0.05, 0) is 108 Å². The molecule has 0 saturated heterocycles. The van der Waals surface area contributed by atoms with Gasteiger partial charge in [0.2, 0.25) is 17.7 Å². The molecule has 0 aromatic heterocycles. The highest BCUT2D eigenvalue weighted by Gasteiger charge is 2.52. The van der Waals surface area contributed by atoms with E-state index in [4.69, 9.17) is 75.6 Å². The number of hydrogen-bond donors (Lipinski definition) is 6. The largest absolute Gasteiger partial charge is 0.493 e. The summed E-state index contributed by atoms with van der Waals surface area (Å²) in [5, 5.41) is 15.8. The van der Waals surface area contributed by atoms with Crippen molar-refractivity contribution in [2.45, 2.75) is 77.4 Å². The van der Waals surface area contributed by atoms with Gasteiger partial charge in [0.25, 0.3) is 26.0 Å². The van der Waals surface area contributed by atoms with Crippen molar-refractivity contribution in [2.75, 3.05) is 191 Å². The Hall–Kier alpha value is -9.34. The second-order valence-corrected chi connectivity index (χ2v) is 32.3. The fourth-order valence-electron chi connectivity index (χ4n) is 11.9. The first-order chi connectivity index (χ1) is 56.1. The number of amides is 6. The normalized spacial score (nSPS) is 18.1. The molecular weight excluding hydrogens is 1500 g/mol. The first-order valence-corrected chi connectivity index (χ1v) is 41.3. The highest BCUT2D eigenvalue weighted by molar-refractivity contribution is 6.99. The Labute approximate surface area is 677 Å². The van der Waals surface area contributed by atoms with Crippen LogP contribution in [0, 0.1) is 5.41 Å². The van der Waals surface area contributed by atoms with Crippen LogP contribution in [0.1, 0.15) is 102 Å². The van der Waals surface area contributed by atoms with Crippen molar-refractivity contribution < 1.29 is 104 Å². The summed E-state index contributed by atoms with van der Waals surface area (Å²) in [6, 6.07) is 35.5. The predicted octanol–water partition coefficient (Wildman–Crippen LogP) is 7.91. The van der Waals surface area contributed by atoms with Crippen LogP contribution in [0.4, 0.5) is 0 Å². The van der Waals surface area contributed by atoms with Crippen molar-refractivity contribution in [3.05, 3.63) is 187 Å². The van der Waals surface area contributed by atoms with E-state index in [0.29, 0.717) is 137 Å². The quantitative estimate of drug-likeness (QED) is 0.0126. The smallest absolute Gasteiger partial charge is 0.274 e. The van der Waals surface area contributed by atoms with E-state index in [1.165, 1.54) is 0 Å². The van der Waals surface area contributed by atoms with Crippen molar-refractivity contribution in [1.82, 2.24) is 32.1 Å². The van der Waals surface area contributed by atoms with Crippen molar-refractivity contribution in [2.24, 2.45) is 5.41 Å². The van der Waals surface area contributed by atoms with Gasteiger partial charge >= 0.3 is 0 Å². The van der Waals surface area contributed by atoms with Crippen LogP contribution in [0.3, 0.4) is 0 Å². The van der Waals surface area contributed by atoms with E-state index in [2.05, 4.69) is 90.3 Å². The maximum absolute atomic E-state index is 13.6. The third kappa shape index (κ3) is 36.2. The lowest BCUT2D eigenvalue weighted by atomic mass is 9.92. The fourth-order valence-corrected chi connectivity index (χ4v) is 16.6. The number of carbonyl (C=O) groups is 6. The van der Waals surface area contributed by atoms with Gasteiger partial charge in [-0.15, -0.1) is 13.2 Å². The molecule has 5 aromatic carbocycles. The van der Waals surface area contributed by atoms with Gasteiger partial charge in [0.15, 0.2) is 0 Å². The molecule has 0 fully saturated rings. The van der Waals surface area contributed by atoms with E-state index in [-0.39, 0.29) is 163 Å². The number of benzene rings is 5. The minimum Gasteiger partial charge on any atom is -0.493 e. The van der Waals surface area contributed by atoms with E-state index < -0.39 is 42.4 Å². The molecule has 6 bridgehead atoms. The van der Waals surface area contributed by atoms with Gasteiger partial charge in [-0.3, -0.25) is 33.6 Å². The molecule has 6 amide bonds. The van der Waals surface area contributed by atoms with Gasteiger partial charge in [0.1, 0.15) is 48.6 Å². The Morgan fingerprint density at radius 2 is 1.03 bits per heavy atom. The fraction of sp³-hybridized carbons (Fsp3) is 0.488. The number of ether oxygens (including phenoxy) is 14. The van der Waals surface area contributed by atoms with Crippen molar-refractivity contribution in [3.8, 4) is 28.7 Å². The lowest BCUT2D eigenvalue weighted by Gasteiger charge is -2.45. The summed E-state index contributed by atoms with van der Waals surface area (Å²) in [4.78, 5) is 86.4. The van der Waals surface area contributed by atoms with Crippen LogP contribution in [0.25, 0.3) is 0 Å². The molecular formula is C86H118N6O22Si. The summed E-state index contributed by atoms with van der Waals surface area (Å²) in [5.74, 6) is 0.0516. The zero-order valence-corrected chi connectivity index (χ0v) is 68.0. The SMILES string of the molecule is C=CCCOc1cc(OCCC=C)cc(C(=O)NCCOCCOCCNC(=O)COCC2(CO[Si](c3ccccc3)(c3ccccc3)C(C)(C)C)COCC(=O)NCCOCCCCONC(=O)c3cc4cc(c3)OCC/C=C\CCOc3cc(cc(c3)C(=O)NCCOCCOCCNC(=O)COC2)OCC/C=C\COC4)c1. The van der Waals surface area contributed by atoms with Gasteiger partial charge in [-0.25, -0.2) is 5.48 Å². The van der Waals surface area contributed by atoms with Gasteiger partial charge < -0.3 is 97.3 Å². The Balaban J connectivity index is 0.978. The molecule has 3 aliphatic heterocycles. The van der Waals surface area contributed by atoms with Crippen LogP contribution in [-0.4, -0.2) is 235 Å². The summed E-state index contributed by atoms with van der Waals surface area (Å²) in [6.45, 7) is 17.8. The summed E-state index contributed by atoms with van der Waals surface area (Å²) >= 11 is 0. The molecule has 1 atom stereocenters. The first kappa shape index (κ1) is 92.8. The average Bonchev–Trinajstić information content (AvgIpc) is 0.744. The van der Waals surface area contributed by atoms with Crippen LogP contribution >= 0.6 is 0 Å². The Bertz CT molecular complexity index is 3510. The zero-order valence-electron chi connectivity index (χ0n) is 67.0. The summed E-state index contributed by atoms with van der Waals surface area (Å²) in [5.41, 5.74) is 3.10. The Morgan fingerprint density at radius 3 is 1.60 bits per heavy atom. The number of rotatable bonds is 27. The zero-order chi connectivity index (χ0) is 81.7. The minimum absolute atomic E-state index is 0.0655. The minimum atomic E-state index is -3.29. The van der Waals surface area contributed by atoms with E-state index in [1.54, 1.807) is 60.7 Å². The van der Waals surface area contributed by atoms with Crippen LogP contribution < -0.4 is 66.1 Å². The number of carbonyl (C=O) groups excluding carboxylic acids is 6. The number of nitrogens with one attached hydrogen (secondary N) is 6. The van der Waals surface area contributed by atoms with Crippen molar-refractivity contribution in [3.63, 3.8) is 0 Å². The van der Waals surface area contributed by atoms with E-state index in [9.17, 15) is 28.8 Å². The van der Waals surface area contributed by atoms with Gasteiger partial charge in [-0.2, -0.15) is 0 Å². The molecule has 0 saturated carbocycles. The summed E-state index contributed by atoms with van der Waals surface area (Å²) < 4.78 is 91.2. The summed E-state index contributed by atoms with van der Waals surface area (Å²) in [6.07, 6.45) is 15.5. The van der Waals surface area contributed by atoms with E-state index >= 15 is 0 Å². The Morgan fingerprint density at radius 1 is 0.513 bits per heavy atom. The second-order valence-electron chi connectivity index (χ2n) is 28.0. The first-order valence-electron chi connectivity index (χ1n) is 39.4. The lowest BCUT2D eigenvalue weighted by molar-refractivity contribution is -0.138. The van der Waals surface area contributed by atoms with Crippen LogP contribution in [0.5, 0.6) is 28.7 Å². The maximum Gasteiger partial charge on any atom is 0.274 e. The molecule has 6 N–H and O–H groups in total. The third-order valence-corrected chi connectivity index (χ3v) is 22.6. The molecule has 8 rings (SSSR count). The van der Waals surface area contributed by atoms with Crippen LogP contribution in [0.2, 0.25) is 5.04 Å². The standard InChI is InChI=1S/C86H118N6O22Si/c1-6-8-36-108-73-54-70(55-74(58-73)109-37-9-7-2)82(96)90-32-45-102-49-47-100-43-30-88-80(94)62-106-65-86(67-114-115(85(3,4)5,77-25-15-12-16-26-77)78-27-17-13-18-28-78)64-105-61-79(93)87-29-42-99-34-23-24-41-113-92-84(98)69-51-68-52-72(53-69)110-38-20-10-11-21-39-111-75-56-71(57-76(59-75)112-40-22-14-19-35-104-60-68)83(97)91-33-46-103-50-48-101-44-31-89-81(95)63-107-66-86/h6-7,10-19,25-28,51-59H,1-2,8-9,20-24,29-50,60-67H2,3-5H3,(H,87,93)(H,88,94)(H,89,95)(H,90,96)(H,91,97)(H,92,98)/b11-10-,19-14-. The lowest BCUT2D eigenvalue weighted by Crippen LogP contribution is -2.67. The predicted molar refractivity (Wildman–Crippen MR) is 437 cm³/mol. The van der Waals surface area contributed by atoms with E-state index in [1.807, 2.05) is 66.8 Å². The molecule has 0 spiro atoms. The number of fused-ring (bicyclic) bond motifs is 42. The molecule has 115 heavy (non-hydrogen) atoms. The Kier molecular flexibility index (Phi) is 44.0. The highest BCUT2D eigenvalue weighted by atomic mass is 28.4. The molecule has 3 heterocycles. The molecule has 1 unspecified atom stereocenters. The molecule has 5 aromatic rings. The van der Waals surface area contributed by atoms with Crippen molar-refractivity contribution >= 4 is 54.1 Å². The highest BCUT2D eigenvalue weighted by Crippen LogP contribution is 2.39. The number of hydroxylamine groups is 1. The van der Waals surface area contributed by atoms with Gasteiger partial charge in [0.05, 0.1) is 138 Å². The monoisotopic (exact) mass is 1610 g/mol. The molecule has 29 heteroatoms. The maximum atomic E-state index is 13.6. The molecule has 0 aliphatic carbocycles. The van der Waals surface area contributed by atoms with Crippen LogP contribution in [0.15, 0.2) is 165 Å². The van der Waals surface area contributed by atoms with Gasteiger partial charge in [-0.1, -0.05) is 118 Å². The van der Waals surface area contributed by atoms with E-state index in [0.717, 1.165) is 15.9 Å². The van der Waals surface area contributed by atoms with Crippen LogP contribution in [-0.2, 0) is 72.9 Å². The molecule has 28 nitrogen and oxygen atoms in total. The average molecular weight is 1620 g/mol. The molecule has 3 aliphatic rings. The van der Waals surface area contributed by atoms with Crippen molar-refractivity contribution in [1.29, 1.82) is 0 Å². The number of hydrogen-bond acceptors (Lipinski definition) is 22. The second kappa shape index (κ2) is 54.5.